The fraction of sp³-hybridized carbons (Fsp3) is 1.00. The third-order valence-electron chi connectivity index (χ3n) is 2.50. The van der Waals surface area contributed by atoms with E-state index in [0.29, 0.717) is 0 Å². The highest BCUT2D eigenvalue weighted by Crippen LogP contribution is 2.15. The molecule has 0 heterocycles. The van der Waals surface area contributed by atoms with Crippen LogP contribution in [0, 0.1) is 0 Å². The van der Waals surface area contributed by atoms with E-state index in [1.165, 1.54) is 0 Å². The van der Waals surface area contributed by atoms with Crippen LogP contribution in [0.1, 0.15) is 46.5 Å². The van der Waals surface area contributed by atoms with Gasteiger partial charge in [-0.3, -0.25) is 0 Å². The van der Waals surface area contributed by atoms with Crippen LogP contribution in [0.15, 0.2) is 0 Å². The van der Waals surface area contributed by atoms with E-state index >= 15 is 0 Å². The highest BCUT2D eigenvalue weighted by molar-refractivity contribution is 4.80. The van der Waals surface area contributed by atoms with Gasteiger partial charge in [0.2, 0.25) is 0 Å². The molecule has 0 radical (unpaired) electrons. The molecule has 0 saturated heterocycles. The molecule has 0 aliphatic heterocycles. The molecule has 0 atom stereocenters. The van der Waals surface area contributed by atoms with E-state index in [9.17, 15) is 0 Å². The average Bonchev–Trinajstić information content (AvgIpc) is 2.12. The Labute approximate surface area is 76.5 Å². The Morgan fingerprint density at radius 2 is 1.67 bits per heavy atom. The number of ether oxygens (including phenoxy) is 1. The number of rotatable bonds is 7. The summed E-state index contributed by atoms with van der Waals surface area (Å²) in [5.74, 6) is 0. The van der Waals surface area contributed by atoms with Crippen LogP contribution < -0.4 is 5.73 Å². The maximum absolute atomic E-state index is 6.10. The molecule has 0 amide bonds. The van der Waals surface area contributed by atoms with Gasteiger partial charge in [-0.25, -0.2) is 0 Å². The average molecular weight is 173 g/mol. The van der Waals surface area contributed by atoms with Gasteiger partial charge in [0.1, 0.15) is 0 Å². The van der Waals surface area contributed by atoms with Gasteiger partial charge in [-0.1, -0.05) is 20.8 Å². The van der Waals surface area contributed by atoms with Crippen molar-refractivity contribution in [2.24, 2.45) is 5.73 Å². The van der Waals surface area contributed by atoms with Gasteiger partial charge >= 0.3 is 0 Å². The van der Waals surface area contributed by atoms with Gasteiger partial charge in [-0.15, -0.1) is 0 Å². The zero-order chi connectivity index (χ0) is 9.45. The Balaban J connectivity index is 3.45. The smallest absolute Gasteiger partial charge is 0.0483 e. The minimum Gasteiger partial charge on any atom is -0.381 e. The van der Waals surface area contributed by atoms with Crippen LogP contribution in [-0.4, -0.2) is 18.8 Å². The van der Waals surface area contributed by atoms with E-state index in [0.717, 1.165) is 38.9 Å². The molecule has 0 spiro atoms. The second-order valence-electron chi connectivity index (χ2n) is 3.43. The Morgan fingerprint density at radius 3 is 2.08 bits per heavy atom. The molecule has 0 aliphatic rings. The molecule has 0 bridgehead atoms. The molecule has 0 saturated carbocycles. The topological polar surface area (TPSA) is 35.2 Å². The third-order valence-corrected chi connectivity index (χ3v) is 2.50. The molecule has 0 aromatic rings. The van der Waals surface area contributed by atoms with Crippen LogP contribution in [0.2, 0.25) is 0 Å². The van der Waals surface area contributed by atoms with E-state index < -0.39 is 0 Å². The van der Waals surface area contributed by atoms with Crippen molar-refractivity contribution in [2.45, 2.75) is 52.0 Å². The highest BCUT2D eigenvalue weighted by atomic mass is 16.5. The van der Waals surface area contributed by atoms with E-state index in [4.69, 9.17) is 10.5 Å². The van der Waals surface area contributed by atoms with Crippen LogP contribution in [-0.2, 0) is 4.74 Å². The minimum atomic E-state index is 0.00768. The summed E-state index contributed by atoms with van der Waals surface area (Å²) < 4.78 is 5.40. The largest absolute Gasteiger partial charge is 0.381 e. The third kappa shape index (κ3) is 4.73. The molecular weight excluding hydrogens is 150 g/mol. The van der Waals surface area contributed by atoms with Crippen LogP contribution >= 0.6 is 0 Å². The second-order valence-corrected chi connectivity index (χ2v) is 3.43. The van der Waals surface area contributed by atoms with Gasteiger partial charge in [-0.05, 0) is 25.7 Å². The lowest BCUT2D eigenvalue weighted by atomic mass is 9.91. The van der Waals surface area contributed by atoms with Crippen LogP contribution in [0.3, 0.4) is 0 Å². The van der Waals surface area contributed by atoms with Gasteiger partial charge in [0, 0.05) is 18.8 Å². The molecule has 12 heavy (non-hydrogen) atoms. The van der Waals surface area contributed by atoms with E-state index in [2.05, 4.69) is 20.8 Å². The Morgan fingerprint density at radius 1 is 1.08 bits per heavy atom. The summed E-state index contributed by atoms with van der Waals surface area (Å²) >= 11 is 0. The number of nitrogens with two attached hydrogens (primary N) is 1. The van der Waals surface area contributed by atoms with Crippen molar-refractivity contribution in [1.82, 2.24) is 0 Å². The Bertz CT molecular complexity index is 100. The maximum atomic E-state index is 6.10. The van der Waals surface area contributed by atoms with Gasteiger partial charge < -0.3 is 10.5 Å². The first-order valence-electron chi connectivity index (χ1n) is 5.05. The lowest BCUT2D eigenvalue weighted by Crippen LogP contribution is -2.39. The fourth-order valence-electron chi connectivity index (χ4n) is 1.13. The molecule has 0 rings (SSSR count). The molecule has 2 N–H and O–H groups in total. The number of hydrogen-bond acceptors (Lipinski definition) is 2. The normalized spacial score (nSPS) is 12.0. The zero-order valence-electron chi connectivity index (χ0n) is 8.73. The molecule has 0 unspecified atom stereocenters. The van der Waals surface area contributed by atoms with Crippen molar-refractivity contribution < 1.29 is 4.74 Å². The van der Waals surface area contributed by atoms with Gasteiger partial charge in [0.05, 0.1) is 0 Å². The lowest BCUT2D eigenvalue weighted by molar-refractivity contribution is 0.113. The van der Waals surface area contributed by atoms with E-state index in [1.807, 2.05) is 0 Å². The first-order chi connectivity index (χ1) is 5.68. The maximum Gasteiger partial charge on any atom is 0.0483 e. The summed E-state index contributed by atoms with van der Waals surface area (Å²) in [5.41, 5.74) is 6.11. The predicted molar refractivity (Wildman–Crippen MR) is 53.2 cm³/mol. The van der Waals surface area contributed by atoms with Crippen molar-refractivity contribution in [3.8, 4) is 0 Å². The minimum absolute atomic E-state index is 0.00768. The fourth-order valence-corrected chi connectivity index (χ4v) is 1.13. The SMILES string of the molecule is CCCOCCC(N)(CC)CC. The van der Waals surface area contributed by atoms with Gasteiger partial charge in [0.15, 0.2) is 0 Å². The van der Waals surface area contributed by atoms with Crippen molar-refractivity contribution >= 4 is 0 Å². The van der Waals surface area contributed by atoms with Crippen molar-refractivity contribution in [3.63, 3.8) is 0 Å². The van der Waals surface area contributed by atoms with Crippen LogP contribution in [0.25, 0.3) is 0 Å². The van der Waals surface area contributed by atoms with Gasteiger partial charge in [-0.2, -0.15) is 0 Å². The summed E-state index contributed by atoms with van der Waals surface area (Å²) in [6, 6.07) is 0. The first kappa shape index (κ1) is 11.9. The molecule has 0 aliphatic carbocycles. The van der Waals surface area contributed by atoms with E-state index in [1.54, 1.807) is 0 Å². The lowest BCUT2D eigenvalue weighted by Gasteiger charge is -2.26. The molecule has 74 valence electrons. The summed E-state index contributed by atoms with van der Waals surface area (Å²) in [6.07, 6.45) is 4.16. The summed E-state index contributed by atoms with van der Waals surface area (Å²) in [7, 11) is 0. The molecule has 0 fully saturated rings. The van der Waals surface area contributed by atoms with Crippen LogP contribution in [0.5, 0.6) is 0 Å². The van der Waals surface area contributed by atoms with Crippen LogP contribution in [0.4, 0.5) is 0 Å². The molecule has 0 aromatic heterocycles. The standard InChI is InChI=1S/C10H23NO/c1-4-8-12-9-7-10(11,5-2)6-3/h4-9,11H2,1-3H3. The monoisotopic (exact) mass is 173 g/mol. The molecule has 0 aromatic carbocycles. The summed E-state index contributed by atoms with van der Waals surface area (Å²) in [6.45, 7) is 8.08. The molecule has 2 nitrogen and oxygen atoms in total. The Hall–Kier alpha value is -0.0800. The summed E-state index contributed by atoms with van der Waals surface area (Å²) in [5, 5.41) is 0. The zero-order valence-corrected chi connectivity index (χ0v) is 8.73. The van der Waals surface area contributed by atoms with Gasteiger partial charge in [0.25, 0.3) is 0 Å². The van der Waals surface area contributed by atoms with Crippen molar-refractivity contribution in [1.29, 1.82) is 0 Å². The molecule has 2 heteroatoms. The highest BCUT2D eigenvalue weighted by Gasteiger charge is 2.19. The van der Waals surface area contributed by atoms with Crippen molar-refractivity contribution in [2.75, 3.05) is 13.2 Å². The Kier molecular flexibility index (Phi) is 6.39. The van der Waals surface area contributed by atoms with E-state index in [-0.39, 0.29) is 5.54 Å². The van der Waals surface area contributed by atoms with Crippen molar-refractivity contribution in [3.05, 3.63) is 0 Å². The predicted octanol–water partition coefficient (Wildman–Crippen LogP) is 2.32. The first-order valence-corrected chi connectivity index (χ1v) is 5.05. The second kappa shape index (κ2) is 6.44. The summed E-state index contributed by atoms with van der Waals surface area (Å²) in [4.78, 5) is 0. The quantitative estimate of drug-likeness (QED) is 0.600. The number of hydrogen-bond donors (Lipinski definition) is 1. The molecular formula is C10H23NO.